The lowest BCUT2D eigenvalue weighted by molar-refractivity contribution is -0.292. The number of aliphatic hydroxyl groups excluding tert-OH is 5. The highest BCUT2D eigenvalue weighted by molar-refractivity contribution is 5.88. The van der Waals surface area contributed by atoms with E-state index in [1.54, 1.807) is 0 Å². The van der Waals surface area contributed by atoms with Crippen LogP contribution in [0.1, 0.15) is 6.92 Å². The van der Waals surface area contributed by atoms with E-state index in [1.807, 2.05) is 0 Å². The van der Waals surface area contributed by atoms with Crippen molar-refractivity contribution in [2.45, 2.75) is 62.2 Å². The van der Waals surface area contributed by atoms with Gasteiger partial charge >= 0.3 is 0 Å². The molecule has 0 bridgehead atoms. The van der Waals surface area contributed by atoms with Crippen molar-refractivity contribution >= 4 is 16.8 Å². The van der Waals surface area contributed by atoms with Crippen LogP contribution >= 0.6 is 0 Å². The number of carbonyl (C=O) groups is 1. The summed E-state index contributed by atoms with van der Waals surface area (Å²) in [5.41, 5.74) is -1.38. The Bertz CT molecular complexity index is 1590. The van der Waals surface area contributed by atoms with Crippen molar-refractivity contribution in [2.75, 3.05) is 6.61 Å². The van der Waals surface area contributed by atoms with Crippen LogP contribution in [0.15, 0.2) is 39.5 Å². The van der Waals surface area contributed by atoms with Crippen molar-refractivity contribution in [1.29, 1.82) is 0 Å². The molecule has 0 spiro atoms. The van der Waals surface area contributed by atoms with Gasteiger partial charge in [0.1, 0.15) is 59.1 Å². The van der Waals surface area contributed by atoms with E-state index in [-0.39, 0.29) is 11.1 Å². The Kier molecular flexibility index (Phi) is 8.21. The number of ether oxygens (including phenoxy) is 4. The van der Waals surface area contributed by atoms with E-state index >= 15 is 0 Å². The van der Waals surface area contributed by atoms with E-state index in [2.05, 4.69) is 0 Å². The molecular formula is C27H28O16. The number of hydrogen-bond acceptors (Lipinski definition) is 16. The van der Waals surface area contributed by atoms with Gasteiger partial charge in [-0.15, -0.1) is 0 Å². The third kappa shape index (κ3) is 5.57. The molecule has 2 aliphatic heterocycles. The fourth-order valence-corrected chi connectivity index (χ4v) is 4.71. The summed E-state index contributed by atoms with van der Waals surface area (Å²) >= 11 is 0. The highest BCUT2D eigenvalue weighted by atomic mass is 16.7. The molecule has 0 saturated carbocycles. The maximum Gasteiger partial charge on any atom is 0.239 e. The number of benzene rings is 2. The third-order valence-corrected chi connectivity index (χ3v) is 7.14. The number of rotatable bonds is 6. The summed E-state index contributed by atoms with van der Waals surface area (Å²) in [6, 6.07) is 5.20. The summed E-state index contributed by atoms with van der Waals surface area (Å²) < 4.78 is 27.5. The number of fused-ring (bicyclic) bond motifs is 1. The molecule has 2 saturated heterocycles. The van der Waals surface area contributed by atoms with Crippen LogP contribution in [0.3, 0.4) is 0 Å². The van der Waals surface area contributed by atoms with Gasteiger partial charge in [0.15, 0.2) is 17.3 Å². The molecule has 3 aromatic rings. The summed E-state index contributed by atoms with van der Waals surface area (Å²) in [5, 5.41) is 91.0. The predicted octanol–water partition coefficient (Wildman–Crippen LogP) is -1.48. The Morgan fingerprint density at radius 3 is 2.23 bits per heavy atom. The van der Waals surface area contributed by atoms with Crippen molar-refractivity contribution in [3.05, 3.63) is 40.6 Å². The molecule has 0 unspecified atom stereocenters. The van der Waals surface area contributed by atoms with Gasteiger partial charge in [0.2, 0.25) is 29.5 Å². The van der Waals surface area contributed by atoms with Gasteiger partial charge in [-0.05, 0) is 25.1 Å². The van der Waals surface area contributed by atoms with Crippen LogP contribution in [0.25, 0.3) is 22.3 Å². The van der Waals surface area contributed by atoms with Gasteiger partial charge < -0.3 is 69.3 Å². The first-order valence-corrected chi connectivity index (χ1v) is 12.9. The molecule has 0 radical (unpaired) electrons. The largest absolute Gasteiger partial charge is 0.508 e. The molecule has 16 heteroatoms. The maximum atomic E-state index is 13.6. The minimum absolute atomic E-state index is 0.0410. The summed E-state index contributed by atoms with van der Waals surface area (Å²) in [6.07, 6.45) is -15.1. The quantitative estimate of drug-likeness (QED) is 0.144. The Morgan fingerprint density at radius 2 is 1.53 bits per heavy atom. The van der Waals surface area contributed by atoms with E-state index < -0.39 is 113 Å². The standard InChI is InChI=1S/C27H28O16/c1-8-17(32)20(35)22(37)26(40-8)39-7-15-18(33)21(36)23(38)27(42-15)43-25-19(34)16-13(31)5-10(28)6-14(16)41-24(25)9-2-3-11(29)12(30)4-9/h2-6,8,15,17-18,20-21,23,26-33,35-36,38H,7H2,1H3/t8-,15+,17-,18+,20+,21-,23+,26+,27-/m0/s1. The average molecular weight is 609 g/mol. The Labute approximate surface area is 240 Å². The smallest absolute Gasteiger partial charge is 0.239 e. The van der Waals surface area contributed by atoms with Crippen LogP contribution in [0.5, 0.6) is 28.7 Å². The number of hydrogen-bond donors (Lipinski definition) is 9. The zero-order chi connectivity index (χ0) is 31.3. The molecule has 5 rings (SSSR count). The lowest BCUT2D eigenvalue weighted by Gasteiger charge is -2.41. The number of ketones is 1. The van der Waals surface area contributed by atoms with Crippen molar-refractivity contribution in [1.82, 2.24) is 0 Å². The second-order valence-corrected chi connectivity index (χ2v) is 10.1. The molecule has 2 aromatic carbocycles. The van der Waals surface area contributed by atoms with Gasteiger partial charge in [0.05, 0.1) is 12.7 Å². The van der Waals surface area contributed by atoms with Crippen LogP contribution in [-0.2, 0) is 19.0 Å². The average Bonchev–Trinajstić information content (AvgIpc) is 2.96. The highest BCUT2D eigenvalue weighted by Crippen LogP contribution is 2.39. The molecule has 43 heavy (non-hydrogen) atoms. The Balaban J connectivity index is 1.48. The second-order valence-electron chi connectivity index (χ2n) is 10.1. The van der Waals surface area contributed by atoms with Gasteiger partial charge in [-0.1, -0.05) is 0 Å². The SMILES string of the molecule is C[C@@H]1O[C@@H](OC[C@H]2O[C@@H](Oc3c(-c4ccc(O)c(O)c4)oc4cc(O)cc(O)c4c3=O)[C@H](O)[C@@H](O)[C@@H]2O)C(=O)[C@H](O)[C@H]1O. The van der Waals surface area contributed by atoms with Crippen LogP contribution in [0.4, 0.5) is 0 Å². The van der Waals surface area contributed by atoms with E-state index in [0.29, 0.717) is 0 Å². The van der Waals surface area contributed by atoms with Gasteiger partial charge in [-0.3, -0.25) is 9.59 Å². The first-order valence-electron chi connectivity index (χ1n) is 12.9. The van der Waals surface area contributed by atoms with Crippen LogP contribution in [-0.4, -0.2) is 114 Å². The van der Waals surface area contributed by atoms with Crippen molar-refractivity contribution in [3.8, 4) is 40.1 Å². The molecule has 0 aliphatic carbocycles. The Morgan fingerprint density at radius 1 is 0.814 bits per heavy atom. The second kappa shape index (κ2) is 11.6. The molecule has 0 amide bonds. The minimum Gasteiger partial charge on any atom is -0.508 e. The number of phenols is 4. The maximum absolute atomic E-state index is 13.6. The molecule has 9 N–H and O–H groups in total. The topological polar surface area (TPSA) is 266 Å². The normalized spacial score (nSPS) is 31.3. The molecule has 16 nitrogen and oxygen atoms in total. The van der Waals surface area contributed by atoms with E-state index in [9.17, 15) is 55.5 Å². The van der Waals surface area contributed by atoms with Gasteiger partial charge in [0.25, 0.3) is 0 Å². The number of aromatic hydroxyl groups is 4. The predicted molar refractivity (Wildman–Crippen MR) is 139 cm³/mol. The van der Waals surface area contributed by atoms with E-state index in [0.717, 1.165) is 24.3 Å². The molecule has 232 valence electrons. The van der Waals surface area contributed by atoms with Crippen molar-refractivity contribution in [2.24, 2.45) is 0 Å². The first kappa shape index (κ1) is 30.5. The van der Waals surface area contributed by atoms with Gasteiger partial charge in [-0.2, -0.15) is 0 Å². The summed E-state index contributed by atoms with van der Waals surface area (Å²) in [7, 11) is 0. The number of phenolic OH excluding ortho intramolecular Hbond substituents is 4. The van der Waals surface area contributed by atoms with E-state index in [4.69, 9.17) is 23.4 Å². The van der Waals surface area contributed by atoms with Crippen molar-refractivity contribution < 1.29 is 74.1 Å². The minimum atomic E-state index is -1.99. The lowest BCUT2D eigenvalue weighted by Crippen LogP contribution is -2.61. The van der Waals surface area contributed by atoms with Crippen LogP contribution in [0, 0.1) is 0 Å². The zero-order valence-electron chi connectivity index (χ0n) is 22.2. The monoisotopic (exact) mass is 608 g/mol. The van der Waals surface area contributed by atoms with Crippen LogP contribution < -0.4 is 10.2 Å². The fourth-order valence-electron chi connectivity index (χ4n) is 4.71. The summed E-state index contributed by atoms with van der Waals surface area (Å²) in [5.74, 6) is -4.39. The fraction of sp³-hybridized carbons (Fsp3) is 0.407. The van der Waals surface area contributed by atoms with Crippen LogP contribution in [0.2, 0.25) is 0 Å². The Hall–Kier alpha value is -4.00. The lowest BCUT2D eigenvalue weighted by atomic mass is 9.99. The molecule has 1 aromatic heterocycles. The van der Waals surface area contributed by atoms with Gasteiger partial charge in [-0.25, -0.2) is 0 Å². The summed E-state index contributed by atoms with van der Waals surface area (Å²) in [6.45, 7) is 0.716. The molecule has 9 atom stereocenters. The third-order valence-electron chi connectivity index (χ3n) is 7.14. The number of Topliss-reactive ketones (excluding diaryl/α,β-unsaturated/α-hetero) is 1. The van der Waals surface area contributed by atoms with Crippen molar-refractivity contribution in [3.63, 3.8) is 0 Å². The summed E-state index contributed by atoms with van der Waals surface area (Å²) in [4.78, 5) is 25.8. The molecule has 2 aliphatic rings. The zero-order valence-corrected chi connectivity index (χ0v) is 22.2. The number of carbonyl (C=O) groups excluding carboxylic acids is 1. The first-order chi connectivity index (χ1) is 20.3. The van der Waals surface area contributed by atoms with E-state index in [1.165, 1.54) is 13.0 Å². The molecular weight excluding hydrogens is 580 g/mol. The van der Waals surface area contributed by atoms with Gasteiger partial charge in [0, 0.05) is 17.7 Å². The highest BCUT2D eigenvalue weighted by Gasteiger charge is 2.47. The molecule has 2 fully saturated rings. The molecule has 3 heterocycles. The number of aliphatic hydroxyl groups is 5.